The Kier molecular flexibility index (Phi) is 41.6. The Morgan fingerprint density at radius 1 is 0.640 bits per heavy atom. The van der Waals surface area contributed by atoms with Crippen LogP contribution in [0, 0.1) is 0 Å². The third-order valence-electron chi connectivity index (χ3n) is 2.32. The second-order valence-electron chi connectivity index (χ2n) is 4.32. The van der Waals surface area contributed by atoms with Crippen molar-refractivity contribution in [3.63, 3.8) is 0 Å². The third-order valence-corrected chi connectivity index (χ3v) is 10.7. The van der Waals surface area contributed by atoms with Crippen LogP contribution >= 0.6 is 72.3 Å². The summed E-state index contributed by atoms with van der Waals surface area (Å²) in [6.07, 6.45) is 0. The molecular formula is C14H28S10Zr. The van der Waals surface area contributed by atoms with Gasteiger partial charge in [-0.15, -0.1) is 0 Å². The summed E-state index contributed by atoms with van der Waals surface area (Å²) in [5, 5.41) is 1.24. The number of thiol groups is 2. The van der Waals surface area contributed by atoms with E-state index in [4.69, 9.17) is 50.5 Å². The fraction of sp³-hybridized carbons (Fsp3) is 1.00. The molecule has 0 fully saturated rings. The minimum absolute atomic E-state index is 0. The first kappa shape index (κ1) is 34.0. The molecule has 0 heterocycles. The second kappa shape index (κ2) is 30.6. The largest absolute Gasteiger partial charge is 4.00 e. The van der Waals surface area contributed by atoms with Gasteiger partial charge in [-0.2, -0.15) is 95.3 Å². The molecule has 0 aromatic carbocycles. The first-order chi connectivity index (χ1) is 11.7. The quantitative estimate of drug-likeness (QED) is 0.153. The van der Waals surface area contributed by atoms with E-state index in [0.717, 1.165) is 69.0 Å². The molecular weight excluding hydrogens is 580 g/mol. The average molecular weight is 608 g/mol. The zero-order valence-electron chi connectivity index (χ0n) is 14.3. The Morgan fingerprint density at radius 3 is 1.24 bits per heavy atom. The Labute approximate surface area is 225 Å². The predicted molar refractivity (Wildman–Crippen MR) is 144 cm³/mol. The first-order valence-electron chi connectivity index (χ1n) is 7.62. The van der Waals surface area contributed by atoms with Gasteiger partial charge < -0.3 is 50.5 Å². The Morgan fingerprint density at radius 2 is 1.00 bits per heavy atom. The van der Waals surface area contributed by atoms with Gasteiger partial charge in [0.25, 0.3) is 0 Å². The van der Waals surface area contributed by atoms with E-state index in [1.54, 1.807) is 0 Å². The van der Waals surface area contributed by atoms with Crippen LogP contribution in [0.15, 0.2) is 0 Å². The summed E-state index contributed by atoms with van der Waals surface area (Å²) in [7, 11) is 0. The summed E-state index contributed by atoms with van der Waals surface area (Å²) in [5.74, 6) is 12.0. The van der Waals surface area contributed by atoms with E-state index in [2.05, 4.69) is 25.3 Å². The molecule has 0 spiro atoms. The maximum Gasteiger partial charge on any atom is 4.00 e. The van der Waals surface area contributed by atoms with Gasteiger partial charge >= 0.3 is 26.2 Å². The Balaban J connectivity index is -0.000000372. The smallest absolute Gasteiger partial charge is 0.792 e. The van der Waals surface area contributed by atoms with Crippen LogP contribution in [-0.4, -0.2) is 79.5 Å². The Hall–Kier alpha value is 4.38. The normalized spacial score (nSPS) is 12.7. The van der Waals surface area contributed by atoms with Crippen LogP contribution in [0.25, 0.3) is 0 Å². The molecule has 0 amide bonds. The van der Waals surface area contributed by atoms with Crippen molar-refractivity contribution in [2.45, 2.75) is 10.5 Å². The van der Waals surface area contributed by atoms with Gasteiger partial charge in [-0.25, -0.2) is 0 Å². The molecule has 2 unspecified atom stereocenters. The van der Waals surface area contributed by atoms with Gasteiger partial charge in [0, 0.05) is 23.0 Å². The van der Waals surface area contributed by atoms with Crippen molar-refractivity contribution in [2.75, 3.05) is 69.0 Å². The molecule has 0 aliphatic rings. The van der Waals surface area contributed by atoms with Crippen molar-refractivity contribution in [1.29, 1.82) is 0 Å². The van der Waals surface area contributed by atoms with Crippen molar-refractivity contribution in [2.24, 2.45) is 0 Å². The fourth-order valence-electron chi connectivity index (χ4n) is 1.28. The molecule has 0 radical (unpaired) electrons. The molecule has 0 aliphatic carbocycles. The molecule has 0 bridgehead atoms. The van der Waals surface area contributed by atoms with E-state index in [9.17, 15) is 0 Å². The van der Waals surface area contributed by atoms with Crippen molar-refractivity contribution in [1.82, 2.24) is 0 Å². The van der Waals surface area contributed by atoms with E-state index in [-0.39, 0.29) is 26.2 Å². The number of hydrogen-bond donors (Lipinski definition) is 2. The first-order valence-corrected chi connectivity index (χ1v) is 15.6. The SMILES string of the molecule is [S-]CCSC(C[S-])CSCCS.[S-]CCSC(C[S-])CSCCS.[Zr+4]. The molecule has 0 aromatic heterocycles. The number of rotatable bonds is 16. The van der Waals surface area contributed by atoms with Crippen molar-refractivity contribution in [3.8, 4) is 0 Å². The van der Waals surface area contributed by atoms with Gasteiger partial charge in [-0.1, -0.05) is 0 Å². The Bertz CT molecular complexity index is 204. The summed E-state index contributed by atoms with van der Waals surface area (Å²) in [6, 6.07) is 0. The van der Waals surface area contributed by atoms with E-state index in [1.165, 1.54) is 0 Å². The molecule has 0 N–H and O–H groups in total. The van der Waals surface area contributed by atoms with Crippen LogP contribution in [-0.2, 0) is 76.7 Å². The molecule has 0 rings (SSSR count). The van der Waals surface area contributed by atoms with Gasteiger partial charge in [0.05, 0.1) is 0 Å². The number of thioether (sulfide) groups is 4. The van der Waals surface area contributed by atoms with Crippen LogP contribution in [0.2, 0.25) is 0 Å². The van der Waals surface area contributed by atoms with Gasteiger partial charge in [0.2, 0.25) is 0 Å². The molecule has 148 valence electrons. The van der Waals surface area contributed by atoms with Crippen LogP contribution < -0.4 is 0 Å². The zero-order chi connectivity index (χ0) is 18.5. The molecule has 11 heteroatoms. The topological polar surface area (TPSA) is 0 Å². The summed E-state index contributed by atoms with van der Waals surface area (Å²) in [5.41, 5.74) is 0. The van der Waals surface area contributed by atoms with Crippen molar-refractivity contribution < 1.29 is 26.2 Å². The minimum Gasteiger partial charge on any atom is -0.792 e. The van der Waals surface area contributed by atoms with Gasteiger partial charge in [0.1, 0.15) is 0 Å². The maximum atomic E-state index is 5.05. The van der Waals surface area contributed by atoms with Crippen LogP contribution in [0.4, 0.5) is 0 Å². The van der Waals surface area contributed by atoms with Crippen LogP contribution in [0.3, 0.4) is 0 Å². The molecule has 0 saturated heterocycles. The van der Waals surface area contributed by atoms with E-state index in [1.807, 2.05) is 47.0 Å². The van der Waals surface area contributed by atoms with E-state index in [0.29, 0.717) is 10.5 Å². The maximum absolute atomic E-state index is 5.05. The predicted octanol–water partition coefficient (Wildman–Crippen LogP) is 3.69. The monoisotopic (exact) mass is 606 g/mol. The summed E-state index contributed by atoms with van der Waals surface area (Å²) >= 11 is 35.9. The van der Waals surface area contributed by atoms with Crippen molar-refractivity contribution in [3.05, 3.63) is 0 Å². The summed E-state index contributed by atoms with van der Waals surface area (Å²) in [6.45, 7) is 0. The van der Waals surface area contributed by atoms with E-state index >= 15 is 0 Å². The molecule has 0 saturated carbocycles. The fourth-order valence-corrected chi connectivity index (χ4v) is 7.49. The van der Waals surface area contributed by atoms with Crippen LogP contribution in [0.1, 0.15) is 0 Å². The average Bonchev–Trinajstić information content (AvgIpc) is 2.61. The molecule has 0 nitrogen and oxygen atoms in total. The molecule has 2 atom stereocenters. The molecule has 25 heavy (non-hydrogen) atoms. The summed E-state index contributed by atoms with van der Waals surface area (Å²) in [4.78, 5) is 0. The summed E-state index contributed by atoms with van der Waals surface area (Å²) < 4.78 is 0. The van der Waals surface area contributed by atoms with Gasteiger partial charge in [-0.3, -0.25) is 0 Å². The number of hydrogen-bond acceptors (Lipinski definition) is 10. The third kappa shape index (κ3) is 28.4. The molecule has 0 aliphatic heterocycles. The minimum atomic E-state index is 0. The zero-order valence-corrected chi connectivity index (χ0v) is 25.1. The van der Waals surface area contributed by atoms with Crippen molar-refractivity contribution >= 4 is 123 Å². The van der Waals surface area contributed by atoms with Gasteiger partial charge in [0.15, 0.2) is 0 Å². The molecule has 0 aromatic rings. The van der Waals surface area contributed by atoms with E-state index < -0.39 is 0 Å². The van der Waals surface area contributed by atoms with Crippen LogP contribution in [0.5, 0.6) is 0 Å². The van der Waals surface area contributed by atoms with Gasteiger partial charge in [-0.05, 0) is 33.5 Å². The standard InChI is InChI=1S/2C7H16S5.Zr/c2*8-1-3-11-6-7(5-10)12-4-2-9;/h2*7-10H,1-6H2;/q;;+4/p-4. The second-order valence-corrected chi connectivity index (χ2v) is 11.8.